The Morgan fingerprint density at radius 3 is 1.45 bits per heavy atom. The fraction of sp³-hybridized carbons (Fsp3) is 1.00. The molecule has 40 heavy (non-hydrogen) atoms. The zero-order valence-corrected chi connectivity index (χ0v) is 27.3. The van der Waals surface area contributed by atoms with Crippen LogP contribution in [0.15, 0.2) is 0 Å². The lowest BCUT2D eigenvalue weighted by Gasteiger charge is -2.53. The van der Waals surface area contributed by atoms with Gasteiger partial charge < -0.3 is 4.57 Å². The van der Waals surface area contributed by atoms with Crippen molar-refractivity contribution >= 4 is 7.29 Å². The van der Waals surface area contributed by atoms with Crippen molar-refractivity contribution in [3.8, 4) is 0 Å². The fourth-order valence-corrected chi connectivity index (χ4v) is 16.6. The Hall–Kier alpha value is 0.190. The number of nitrogens with zero attached hydrogens (tertiary/aromatic N) is 1. The molecule has 230 valence electrons. The predicted molar refractivity (Wildman–Crippen MR) is 172 cm³/mol. The molecule has 2 aliphatic heterocycles. The van der Waals surface area contributed by atoms with Crippen LogP contribution < -0.4 is 0 Å². The molecule has 0 N–H and O–H groups in total. The van der Waals surface area contributed by atoms with Crippen molar-refractivity contribution in [1.29, 1.82) is 0 Å². The van der Waals surface area contributed by atoms with Gasteiger partial charge in [0.2, 0.25) is 0 Å². The highest BCUT2D eigenvalue weighted by molar-refractivity contribution is 7.63. The van der Waals surface area contributed by atoms with E-state index in [0.717, 1.165) is 23.7 Å². The first kappa shape index (κ1) is 30.2. The molecule has 2 nitrogen and oxygen atoms in total. The molecule has 3 heteroatoms. The Morgan fingerprint density at radius 2 is 0.825 bits per heavy atom. The monoisotopic (exact) mass is 571 g/mol. The van der Waals surface area contributed by atoms with E-state index in [0.29, 0.717) is 23.4 Å². The third kappa shape index (κ3) is 6.79. The molecule has 2 heterocycles. The van der Waals surface area contributed by atoms with Gasteiger partial charge in [0.15, 0.2) is 7.29 Å². The second-order valence-corrected chi connectivity index (χ2v) is 19.2. The summed E-state index contributed by atoms with van der Waals surface area (Å²) in [7, 11) is -2.49. The molecule has 6 aliphatic rings. The van der Waals surface area contributed by atoms with E-state index in [9.17, 15) is 0 Å². The van der Waals surface area contributed by atoms with Crippen molar-refractivity contribution in [3.05, 3.63) is 0 Å². The van der Waals surface area contributed by atoms with Crippen LogP contribution in [0.5, 0.6) is 0 Å². The largest absolute Gasteiger partial charge is 0.306 e. The Labute approximate surface area is 249 Å². The van der Waals surface area contributed by atoms with E-state index in [1.807, 2.05) is 0 Å². The molecule has 4 aliphatic carbocycles. The number of hydrogen-bond donors (Lipinski definition) is 0. The molecule has 2 saturated heterocycles. The van der Waals surface area contributed by atoms with Crippen LogP contribution in [0.4, 0.5) is 0 Å². The van der Waals surface area contributed by atoms with E-state index < -0.39 is 7.29 Å². The smallest absolute Gasteiger partial charge is 0.156 e. The molecule has 6 fully saturated rings. The minimum absolute atomic E-state index is 0.513. The summed E-state index contributed by atoms with van der Waals surface area (Å²) in [5.41, 5.74) is 1.03. The molecule has 4 saturated carbocycles. The molecule has 0 aromatic heterocycles. The van der Waals surface area contributed by atoms with Crippen LogP contribution in [0.2, 0.25) is 0 Å². The number of rotatable bonds is 0. The van der Waals surface area contributed by atoms with E-state index in [1.165, 1.54) is 186 Å². The normalized spacial score (nSPS) is 45.2. The second kappa shape index (κ2) is 14.8. The first-order valence-electron chi connectivity index (χ1n) is 19.1. The summed E-state index contributed by atoms with van der Waals surface area (Å²) in [6, 6.07) is 1.26. The van der Waals surface area contributed by atoms with Crippen molar-refractivity contribution in [1.82, 2.24) is 4.67 Å². The van der Waals surface area contributed by atoms with Gasteiger partial charge in [0.1, 0.15) is 0 Å². The van der Waals surface area contributed by atoms with Gasteiger partial charge in [-0.05, 0) is 75.0 Å². The van der Waals surface area contributed by atoms with Crippen LogP contribution >= 0.6 is 7.29 Å². The quantitative estimate of drug-likeness (QED) is 0.269. The van der Waals surface area contributed by atoms with Crippen LogP contribution in [0.1, 0.15) is 186 Å². The molecule has 9 unspecified atom stereocenters. The lowest BCUT2D eigenvalue weighted by atomic mass is 9.75. The summed E-state index contributed by atoms with van der Waals surface area (Å²) in [6.07, 6.45) is 40.8. The lowest BCUT2D eigenvalue weighted by molar-refractivity contribution is 0.0929. The number of fused-ring (bicyclic) bond motifs is 14. The third-order valence-corrected chi connectivity index (χ3v) is 17.9. The van der Waals surface area contributed by atoms with E-state index in [4.69, 9.17) is 0 Å². The molecule has 0 aromatic carbocycles. The van der Waals surface area contributed by atoms with Crippen molar-refractivity contribution in [2.24, 2.45) is 23.7 Å². The average molecular weight is 572 g/mol. The predicted octanol–water partition coefficient (Wildman–Crippen LogP) is 11.9. The highest BCUT2D eigenvalue weighted by atomic mass is 31.2. The average Bonchev–Trinajstić information content (AvgIpc) is 3.18. The van der Waals surface area contributed by atoms with Gasteiger partial charge in [-0.2, -0.15) is 0 Å². The third-order valence-electron chi connectivity index (χ3n) is 13.5. The van der Waals surface area contributed by atoms with E-state index in [1.54, 1.807) is 0 Å². The van der Waals surface area contributed by atoms with E-state index in [-0.39, 0.29) is 0 Å². The van der Waals surface area contributed by atoms with Gasteiger partial charge in [-0.1, -0.05) is 135 Å². The van der Waals surface area contributed by atoms with Crippen molar-refractivity contribution < 1.29 is 4.57 Å². The molecule has 6 rings (SSSR count). The molecule has 9 atom stereocenters. The molecular formula is C37H66NOP. The zero-order chi connectivity index (χ0) is 27.2. The molecule has 0 spiro atoms. The summed E-state index contributed by atoms with van der Waals surface area (Å²) in [4.78, 5) is 0. The first-order valence-corrected chi connectivity index (χ1v) is 20.9. The van der Waals surface area contributed by atoms with Crippen LogP contribution in [0, 0.1) is 23.7 Å². The Bertz CT molecular complexity index is 812. The van der Waals surface area contributed by atoms with Gasteiger partial charge in [0, 0.05) is 23.4 Å². The summed E-state index contributed by atoms with van der Waals surface area (Å²) in [5.74, 6) is 3.46. The van der Waals surface area contributed by atoms with Crippen molar-refractivity contribution in [2.45, 2.75) is 210 Å². The highest BCUT2D eigenvalue weighted by Crippen LogP contribution is 2.71. The van der Waals surface area contributed by atoms with Gasteiger partial charge in [0.25, 0.3) is 0 Å². The van der Waals surface area contributed by atoms with Crippen LogP contribution in [-0.4, -0.2) is 28.1 Å². The minimum atomic E-state index is -2.49. The number of hydrogen-bond acceptors (Lipinski definition) is 1. The summed E-state index contributed by atoms with van der Waals surface area (Å²) < 4.78 is 19.9. The topological polar surface area (TPSA) is 20.3 Å². The van der Waals surface area contributed by atoms with Gasteiger partial charge >= 0.3 is 0 Å². The van der Waals surface area contributed by atoms with Gasteiger partial charge in [-0.15, -0.1) is 0 Å². The molecule has 6 bridgehead atoms. The zero-order valence-electron chi connectivity index (χ0n) is 26.4. The van der Waals surface area contributed by atoms with Gasteiger partial charge in [0.05, 0.1) is 0 Å². The molecule has 0 amide bonds. The highest BCUT2D eigenvalue weighted by Gasteiger charge is 2.56. The maximum atomic E-state index is 16.8. The molecular weight excluding hydrogens is 505 g/mol. The standard InChI is InChI=1S/C37H66NOP/c39-40-34-23-15-4-1-3-11-20-31(28-34)30-19-12-7-9-14-22-33(27-30)38(40)37-26-18-6-2-5-17-25-36(37)32-21-13-8-10-16-24-35(40)29-32/h30-37H,1-29H2. The van der Waals surface area contributed by atoms with Crippen LogP contribution in [0.25, 0.3) is 0 Å². The molecule has 0 radical (unpaired) electrons. The Kier molecular flexibility index (Phi) is 11.2. The maximum absolute atomic E-state index is 16.8. The minimum Gasteiger partial charge on any atom is -0.306 e. The molecule has 0 aromatic rings. The van der Waals surface area contributed by atoms with Crippen molar-refractivity contribution in [3.63, 3.8) is 0 Å². The van der Waals surface area contributed by atoms with Crippen LogP contribution in [-0.2, 0) is 4.57 Å². The first-order chi connectivity index (χ1) is 19.7. The van der Waals surface area contributed by atoms with E-state index in [2.05, 4.69) is 4.67 Å². The summed E-state index contributed by atoms with van der Waals surface area (Å²) in [6.45, 7) is 0. The van der Waals surface area contributed by atoms with E-state index >= 15 is 4.57 Å². The summed E-state index contributed by atoms with van der Waals surface area (Å²) >= 11 is 0. The second-order valence-electron chi connectivity index (χ2n) is 15.9. The lowest BCUT2D eigenvalue weighted by Crippen LogP contribution is -2.50. The summed E-state index contributed by atoms with van der Waals surface area (Å²) in [5, 5.41) is 0. The van der Waals surface area contributed by atoms with Crippen molar-refractivity contribution in [2.75, 3.05) is 0 Å². The van der Waals surface area contributed by atoms with Gasteiger partial charge in [-0.25, -0.2) is 4.67 Å². The maximum Gasteiger partial charge on any atom is 0.156 e. The Balaban J connectivity index is 1.49. The fourth-order valence-electron chi connectivity index (χ4n) is 11.5. The van der Waals surface area contributed by atoms with Crippen LogP contribution in [0.3, 0.4) is 0 Å². The van der Waals surface area contributed by atoms with Gasteiger partial charge in [-0.3, -0.25) is 0 Å². The SMILES string of the molecule is O=P12C3CCCCCCCC(C3)C3CCCCCCC(C3)N1C1CCCCCCCC1C1CCCCCCC2C1. The Morgan fingerprint density at radius 1 is 0.400 bits per heavy atom.